The van der Waals surface area contributed by atoms with E-state index in [9.17, 15) is 14.7 Å². The third-order valence-electron chi connectivity index (χ3n) is 3.53. The van der Waals surface area contributed by atoms with Gasteiger partial charge < -0.3 is 10.4 Å². The fourth-order valence-electron chi connectivity index (χ4n) is 2.30. The lowest BCUT2D eigenvalue weighted by atomic mass is 9.99. The minimum atomic E-state index is -0.942. The van der Waals surface area contributed by atoms with Gasteiger partial charge in [0, 0.05) is 11.4 Å². The van der Waals surface area contributed by atoms with Crippen molar-refractivity contribution in [2.24, 2.45) is 0 Å². The first kappa shape index (κ1) is 16.2. The van der Waals surface area contributed by atoms with Crippen molar-refractivity contribution in [2.45, 2.75) is 26.2 Å². The molecule has 2 N–H and O–H groups in total. The van der Waals surface area contributed by atoms with E-state index in [0.717, 1.165) is 12.0 Å². The van der Waals surface area contributed by atoms with Crippen LogP contribution >= 0.6 is 11.3 Å². The van der Waals surface area contributed by atoms with Crippen LogP contribution in [-0.4, -0.2) is 23.5 Å². The maximum atomic E-state index is 12.2. The van der Waals surface area contributed by atoms with Gasteiger partial charge in [-0.2, -0.15) is 0 Å². The van der Waals surface area contributed by atoms with Crippen LogP contribution in [0, 0.1) is 6.92 Å². The molecule has 22 heavy (non-hydrogen) atoms. The van der Waals surface area contributed by atoms with Crippen molar-refractivity contribution in [1.29, 1.82) is 0 Å². The average Bonchev–Trinajstić information content (AvgIpc) is 2.89. The molecule has 0 radical (unpaired) electrons. The molecule has 2 rings (SSSR count). The van der Waals surface area contributed by atoms with Gasteiger partial charge in [-0.1, -0.05) is 37.3 Å². The summed E-state index contributed by atoms with van der Waals surface area (Å²) in [6, 6.07) is 10.8. The van der Waals surface area contributed by atoms with Crippen molar-refractivity contribution in [3.63, 3.8) is 0 Å². The molecule has 1 heterocycles. The molecule has 1 aromatic heterocycles. The predicted molar refractivity (Wildman–Crippen MR) is 87.6 cm³/mol. The molecule has 0 aliphatic carbocycles. The normalized spacial score (nSPS) is 11.9. The highest BCUT2D eigenvalue weighted by molar-refractivity contribution is 7.14. The lowest BCUT2D eigenvalue weighted by Crippen LogP contribution is -2.31. The molecule has 1 amide bonds. The highest BCUT2D eigenvalue weighted by Crippen LogP contribution is 2.22. The van der Waals surface area contributed by atoms with Gasteiger partial charge in [0.1, 0.15) is 0 Å². The second kappa shape index (κ2) is 7.22. The van der Waals surface area contributed by atoms with Crippen molar-refractivity contribution in [3.05, 3.63) is 57.3 Å². The lowest BCUT2D eigenvalue weighted by Gasteiger charge is -2.13. The van der Waals surface area contributed by atoms with Crippen LogP contribution in [0.1, 0.15) is 38.5 Å². The van der Waals surface area contributed by atoms with Gasteiger partial charge in [0.2, 0.25) is 0 Å². The summed E-state index contributed by atoms with van der Waals surface area (Å²) in [5, 5.41) is 12.1. The van der Waals surface area contributed by atoms with E-state index in [4.69, 9.17) is 0 Å². The Kier molecular flexibility index (Phi) is 5.33. The molecule has 5 heteroatoms. The molecule has 0 aliphatic heterocycles. The van der Waals surface area contributed by atoms with Crippen molar-refractivity contribution < 1.29 is 14.7 Å². The van der Waals surface area contributed by atoms with E-state index in [1.165, 1.54) is 16.2 Å². The summed E-state index contributed by atoms with van der Waals surface area (Å²) in [6.45, 7) is 4.11. The summed E-state index contributed by atoms with van der Waals surface area (Å²) in [4.78, 5) is 25.4. The zero-order valence-corrected chi connectivity index (χ0v) is 13.4. The summed E-state index contributed by atoms with van der Waals surface area (Å²) < 4.78 is 0. The highest BCUT2D eigenvalue weighted by atomic mass is 32.1. The monoisotopic (exact) mass is 317 g/mol. The molecular weight excluding hydrogens is 298 g/mol. The maximum Gasteiger partial charge on any atom is 0.312 e. The SMILES string of the molecule is CCc1sc(C(=O)NCC(C(=O)O)c2ccccc2)cc1C. The number of hydrogen-bond donors (Lipinski definition) is 2. The zero-order chi connectivity index (χ0) is 16.1. The number of aryl methyl sites for hydroxylation is 2. The van der Waals surface area contributed by atoms with E-state index in [0.29, 0.717) is 10.4 Å². The van der Waals surface area contributed by atoms with Crippen molar-refractivity contribution >= 4 is 23.2 Å². The molecule has 0 bridgehead atoms. The number of aliphatic carboxylic acids is 1. The number of carbonyl (C=O) groups is 2. The quantitative estimate of drug-likeness (QED) is 0.859. The minimum absolute atomic E-state index is 0.0799. The fraction of sp³-hybridized carbons (Fsp3) is 0.294. The molecule has 0 spiro atoms. The first-order chi connectivity index (χ1) is 10.5. The average molecular weight is 317 g/mol. The highest BCUT2D eigenvalue weighted by Gasteiger charge is 2.21. The largest absolute Gasteiger partial charge is 0.481 e. The number of hydrogen-bond acceptors (Lipinski definition) is 3. The number of nitrogens with one attached hydrogen (secondary N) is 1. The lowest BCUT2D eigenvalue weighted by molar-refractivity contribution is -0.138. The third-order valence-corrected chi connectivity index (χ3v) is 4.91. The molecule has 1 atom stereocenters. The van der Waals surface area contributed by atoms with E-state index >= 15 is 0 Å². The molecule has 0 fully saturated rings. The topological polar surface area (TPSA) is 66.4 Å². The molecule has 1 aromatic carbocycles. The predicted octanol–water partition coefficient (Wildman–Crippen LogP) is 3.22. The first-order valence-corrected chi connectivity index (χ1v) is 7.99. The summed E-state index contributed by atoms with van der Waals surface area (Å²) in [5.41, 5.74) is 1.79. The van der Waals surface area contributed by atoms with Gasteiger partial charge in [0.05, 0.1) is 10.8 Å². The second-order valence-electron chi connectivity index (χ2n) is 5.08. The number of rotatable bonds is 6. The van der Waals surface area contributed by atoms with E-state index in [1.54, 1.807) is 24.3 Å². The molecule has 1 unspecified atom stereocenters. The number of benzene rings is 1. The van der Waals surface area contributed by atoms with Gasteiger partial charge in [-0.15, -0.1) is 11.3 Å². The fourth-order valence-corrected chi connectivity index (χ4v) is 3.33. The van der Waals surface area contributed by atoms with Gasteiger partial charge in [-0.25, -0.2) is 0 Å². The Labute approximate surface area is 133 Å². The van der Waals surface area contributed by atoms with Crippen LogP contribution in [0.3, 0.4) is 0 Å². The molecule has 0 aliphatic rings. The molecule has 0 saturated heterocycles. The van der Waals surface area contributed by atoms with Crippen LogP contribution in [0.15, 0.2) is 36.4 Å². The van der Waals surface area contributed by atoms with Crippen LogP contribution < -0.4 is 5.32 Å². The van der Waals surface area contributed by atoms with Crippen LogP contribution in [0.4, 0.5) is 0 Å². The number of carboxylic acids is 1. The Hall–Kier alpha value is -2.14. The van der Waals surface area contributed by atoms with E-state index < -0.39 is 11.9 Å². The summed E-state index contributed by atoms with van der Waals surface area (Å²) >= 11 is 1.46. The third kappa shape index (κ3) is 3.74. The summed E-state index contributed by atoms with van der Waals surface area (Å²) in [7, 11) is 0. The molecule has 4 nitrogen and oxygen atoms in total. The van der Waals surface area contributed by atoms with Crippen molar-refractivity contribution in [2.75, 3.05) is 6.54 Å². The van der Waals surface area contributed by atoms with Crippen LogP contribution in [0.2, 0.25) is 0 Å². The van der Waals surface area contributed by atoms with E-state index in [2.05, 4.69) is 12.2 Å². The summed E-state index contributed by atoms with van der Waals surface area (Å²) in [6.07, 6.45) is 0.894. The maximum absolute atomic E-state index is 12.2. The Morgan fingerprint density at radius 3 is 2.50 bits per heavy atom. The Bertz CT molecular complexity index is 664. The Morgan fingerprint density at radius 1 is 1.27 bits per heavy atom. The Morgan fingerprint density at radius 2 is 1.95 bits per heavy atom. The van der Waals surface area contributed by atoms with Gasteiger partial charge in [-0.3, -0.25) is 9.59 Å². The van der Waals surface area contributed by atoms with E-state index in [1.807, 2.05) is 19.1 Å². The van der Waals surface area contributed by atoms with Gasteiger partial charge in [0.25, 0.3) is 5.91 Å². The zero-order valence-electron chi connectivity index (χ0n) is 12.6. The van der Waals surface area contributed by atoms with Gasteiger partial charge in [0.15, 0.2) is 0 Å². The van der Waals surface area contributed by atoms with Crippen LogP contribution in [0.25, 0.3) is 0 Å². The van der Waals surface area contributed by atoms with Crippen LogP contribution in [-0.2, 0) is 11.2 Å². The second-order valence-corrected chi connectivity index (χ2v) is 6.22. The van der Waals surface area contributed by atoms with Gasteiger partial charge in [-0.05, 0) is 30.5 Å². The van der Waals surface area contributed by atoms with E-state index in [-0.39, 0.29) is 12.5 Å². The van der Waals surface area contributed by atoms with Gasteiger partial charge >= 0.3 is 5.97 Å². The smallest absolute Gasteiger partial charge is 0.312 e. The molecule has 2 aromatic rings. The van der Waals surface area contributed by atoms with Crippen LogP contribution in [0.5, 0.6) is 0 Å². The number of thiophene rings is 1. The molecular formula is C17H19NO3S. The standard InChI is InChI=1S/C17H19NO3S/c1-3-14-11(2)9-15(22-14)16(19)18-10-13(17(20)21)12-7-5-4-6-8-12/h4-9,13H,3,10H2,1-2H3,(H,18,19)(H,20,21). The van der Waals surface area contributed by atoms with Crippen molar-refractivity contribution in [1.82, 2.24) is 5.32 Å². The summed E-state index contributed by atoms with van der Waals surface area (Å²) in [5.74, 6) is -1.89. The number of amides is 1. The number of carboxylic acid groups (broad SMARTS) is 1. The minimum Gasteiger partial charge on any atom is -0.481 e. The molecule has 0 saturated carbocycles. The Balaban J connectivity index is 2.06. The molecule has 116 valence electrons. The number of carbonyl (C=O) groups excluding carboxylic acids is 1. The van der Waals surface area contributed by atoms with Crippen molar-refractivity contribution in [3.8, 4) is 0 Å². The first-order valence-electron chi connectivity index (χ1n) is 7.18.